The van der Waals surface area contributed by atoms with Crippen molar-refractivity contribution in [2.75, 3.05) is 27.3 Å². The van der Waals surface area contributed by atoms with E-state index in [1.807, 2.05) is 57.1 Å². The number of carbonyl (C=O) groups is 4. The van der Waals surface area contributed by atoms with E-state index in [0.29, 0.717) is 25.9 Å². The Morgan fingerprint density at radius 3 is 1.95 bits per heavy atom. The Bertz CT molecular complexity index is 2150. The number of carbonyl (C=O) groups excluding carboxylic acids is 4. The molecule has 0 bridgehead atoms. The molecule has 294 valence electrons. The molecule has 2 N–H and O–H groups in total. The first kappa shape index (κ1) is 39.2. The third-order valence-electron chi connectivity index (χ3n) is 10.9. The zero-order valence-corrected chi connectivity index (χ0v) is 34.2. The minimum atomic E-state index is -0.693. The number of alkyl carbamates (subject to hydrolysis) is 2. The molecule has 56 heavy (non-hydrogen) atoms. The van der Waals surface area contributed by atoms with Crippen molar-refractivity contribution in [1.82, 2.24) is 20.4 Å². The molecule has 3 aromatic rings. The third kappa shape index (κ3) is 7.94. The molecule has 4 aliphatic heterocycles. The number of hydrogen-bond acceptors (Lipinski definition) is 10. The number of nitrogens with one attached hydrogen (secondary N) is 2. The molecule has 14 heteroatoms. The van der Waals surface area contributed by atoms with E-state index in [1.54, 1.807) is 27.6 Å². The van der Waals surface area contributed by atoms with Crippen molar-refractivity contribution in [2.45, 2.75) is 77.5 Å². The Morgan fingerprint density at radius 1 is 0.750 bits per heavy atom. The summed E-state index contributed by atoms with van der Waals surface area (Å²) in [5.41, 5.74) is 6.39. The fraction of sp³-hybridized carbons (Fsp3) is 0.429. The summed E-state index contributed by atoms with van der Waals surface area (Å²) in [5, 5.41) is 5.42. The number of nitrogens with zero attached hydrogens (tertiary/aromatic N) is 4. The maximum Gasteiger partial charge on any atom is 0.407 e. The molecular formula is C42H48N6O6S2. The number of likely N-dealkylation sites (tertiary alicyclic amines) is 1. The van der Waals surface area contributed by atoms with Crippen LogP contribution in [0.25, 0.3) is 31.0 Å². The lowest BCUT2D eigenvalue weighted by molar-refractivity contribution is -0.134. The average Bonchev–Trinajstić information content (AvgIpc) is 4.04. The summed E-state index contributed by atoms with van der Waals surface area (Å²) in [7, 11) is 2.60. The SMILES string of the molecule is COC(=O)N[C@H](C(=O)N1CC=C[C@H]1C1=NC=C(c2ccc(-c3cc4sc(C5=CN=C([C@@H]6CCCN6C(=O)[C@@H](NC(=O)OC)C(C)C)C5)cc4s3)cc2)C1)C(C)C. The number of amides is 4. The smallest absolute Gasteiger partial charge is 0.407 e. The van der Waals surface area contributed by atoms with Gasteiger partial charge in [-0.3, -0.25) is 19.6 Å². The normalized spacial score (nSPS) is 20.3. The van der Waals surface area contributed by atoms with E-state index in [2.05, 4.69) is 47.0 Å². The Labute approximate surface area is 335 Å². The molecule has 4 aliphatic rings. The minimum absolute atomic E-state index is 0.0778. The molecule has 0 spiro atoms. The maximum absolute atomic E-state index is 13.6. The molecule has 1 fully saturated rings. The highest BCUT2D eigenvalue weighted by Gasteiger charge is 2.39. The second-order valence-electron chi connectivity index (χ2n) is 15.2. The van der Waals surface area contributed by atoms with Gasteiger partial charge in [-0.1, -0.05) is 64.1 Å². The van der Waals surface area contributed by atoms with Crippen molar-refractivity contribution >= 4 is 78.6 Å². The molecule has 1 aromatic carbocycles. The molecule has 2 aromatic heterocycles. The Morgan fingerprint density at radius 2 is 1.30 bits per heavy atom. The van der Waals surface area contributed by atoms with Crippen molar-refractivity contribution in [3.05, 3.63) is 71.4 Å². The van der Waals surface area contributed by atoms with Crippen molar-refractivity contribution in [3.63, 3.8) is 0 Å². The van der Waals surface area contributed by atoms with E-state index in [9.17, 15) is 19.2 Å². The van der Waals surface area contributed by atoms with Crippen LogP contribution in [0, 0.1) is 11.8 Å². The van der Waals surface area contributed by atoms with Gasteiger partial charge in [0.25, 0.3) is 0 Å². The second-order valence-corrected chi connectivity index (χ2v) is 17.4. The molecule has 0 unspecified atom stereocenters. The van der Waals surface area contributed by atoms with E-state index >= 15 is 0 Å². The largest absolute Gasteiger partial charge is 0.453 e. The molecule has 0 radical (unpaired) electrons. The first-order valence-corrected chi connectivity index (χ1v) is 20.7. The van der Waals surface area contributed by atoms with Crippen LogP contribution in [0.15, 0.2) is 70.9 Å². The van der Waals surface area contributed by atoms with Crippen molar-refractivity contribution < 1.29 is 28.7 Å². The van der Waals surface area contributed by atoms with E-state index < -0.39 is 24.3 Å². The van der Waals surface area contributed by atoms with Crippen LogP contribution in [-0.2, 0) is 19.1 Å². The van der Waals surface area contributed by atoms with Crippen LogP contribution in [0.1, 0.15) is 63.8 Å². The minimum Gasteiger partial charge on any atom is -0.453 e. The van der Waals surface area contributed by atoms with E-state index in [0.717, 1.165) is 46.5 Å². The van der Waals surface area contributed by atoms with Gasteiger partial charge in [-0.2, -0.15) is 0 Å². The molecule has 6 heterocycles. The zero-order chi connectivity index (χ0) is 39.7. The number of aliphatic imine (C=N–C) groups is 2. The predicted octanol–water partition coefficient (Wildman–Crippen LogP) is 7.52. The summed E-state index contributed by atoms with van der Waals surface area (Å²) in [4.78, 5) is 66.6. The van der Waals surface area contributed by atoms with Gasteiger partial charge in [0.2, 0.25) is 11.8 Å². The summed E-state index contributed by atoms with van der Waals surface area (Å²) in [6.45, 7) is 8.75. The molecular weight excluding hydrogens is 749 g/mol. The van der Waals surface area contributed by atoms with Gasteiger partial charge < -0.3 is 29.9 Å². The Hall–Kier alpha value is -5.08. The monoisotopic (exact) mass is 796 g/mol. The predicted molar refractivity (Wildman–Crippen MR) is 223 cm³/mol. The number of hydrogen-bond donors (Lipinski definition) is 2. The van der Waals surface area contributed by atoms with E-state index in [-0.39, 0.29) is 35.7 Å². The van der Waals surface area contributed by atoms with Crippen LogP contribution in [0.5, 0.6) is 0 Å². The summed E-state index contributed by atoms with van der Waals surface area (Å²) in [5.74, 6) is -0.428. The molecule has 7 rings (SSSR count). The van der Waals surface area contributed by atoms with Crippen LogP contribution in [0.3, 0.4) is 0 Å². The quantitative estimate of drug-likeness (QED) is 0.192. The standard InChI is InChI=1S/C42H48N6O6S2/c1-23(2)37(45-41(51)53-5)39(49)47-15-7-9-31(47)29-17-27(21-43-29)25-11-13-26(14-12-25)33-19-35-36(55-33)20-34(56-35)28-18-30(44-22-28)32-10-8-16-48(32)40(50)38(24(3)4)46-42(52)54-6/h7,9,11-14,19-24,31-32,37-38H,8,10,15-18H2,1-6H3,(H,45,51)(H,46,52)/t31-,32-,37-,38-/m0/s1. The molecule has 0 saturated carbocycles. The number of benzene rings is 1. The fourth-order valence-corrected chi connectivity index (χ4v) is 10.2. The van der Waals surface area contributed by atoms with Gasteiger partial charge in [-0.15, -0.1) is 22.7 Å². The highest BCUT2D eigenvalue weighted by atomic mass is 32.1. The van der Waals surface area contributed by atoms with Crippen molar-refractivity contribution in [1.29, 1.82) is 0 Å². The first-order valence-electron chi connectivity index (χ1n) is 19.1. The lowest BCUT2D eigenvalue weighted by atomic mass is 9.97. The molecule has 4 amide bonds. The van der Waals surface area contributed by atoms with E-state index in [1.165, 1.54) is 33.4 Å². The van der Waals surface area contributed by atoms with Crippen LogP contribution in [0.2, 0.25) is 0 Å². The third-order valence-corrected chi connectivity index (χ3v) is 13.3. The van der Waals surface area contributed by atoms with Crippen LogP contribution in [-0.4, -0.2) is 96.7 Å². The van der Waals surface area contributed by atoms with Crippen LogP contribution in [0.4, 0.5) is 9.59 Å². The Balaban J connectivity index is 0.958. The summed E-state index contributed by atoms with van der Waals surface area (Å²) in [6, 6.07) is 11.4. The van der Waals surface area contributed by atoms with Crippen molar-refractivity contribution in [3.8, 4) is 10.4 Å². The fourth-order valence-electron chi connectivity index (χ4n) is 7.76. The number of fused-ring (bicyclic) bond motifs is 1. The van der Waals surface area contributed by atoms with Gasteiger partial charge in [0.1, 0.15) is 12.1 Å². The van der Waals surface area contributed by atoms with Crippen molar-refractivity contribution in [2.24, 2.45) is 21.8 Å². The number of allylic oxidation sites excluding steroid dienone is 2. The average molecular weight is 797 g/mol. The highest BCUT2D eigenvalue weighted by Crippen LogP contribution is 2.42. The lowest BCUT2D eigenvalue weighted by Crippen LogP contribution is -2.53. The number of methoxy groups -OCH3 is 2. The van der Waals surface area contributed by atoms with Crippen LogP contribution >= 0.6 is 22.7 Å². The summed E-state index contributed by atoms with van der Waals surface area (Å²) < 4.78 is 12.0. The maximum atomic E-state index is 13.6. The topological polar surface area (TPSA) is 142 Å². The van der Waals surface area contributed by atoms with Gasteiger partial charge in [-0.25, -0.2) is 9.59 Å². The van der Waals surface area contributed by atoms with Gasteiger partial charge >= 0.3 is 12.2 Å². The highest BCUT2D eigenvalue weighted by molar-refractivity contribution is 7.30. The van der Waals surface area contributed by atoms with Gasteiger partial charge in [-0.05, 0) is 59.1 Å². The van der Waals surface area contributed by atoms with Crippen LogP contribution < -0.4 is 10.6 Å². The number of ether oxygens (including phenoxy) is 2. The number of thiophene rings is 2. The van der Waals surface area contributed by atoms with Gasteiger partial charge in [0.05, 0.1) is 26.3 Å². The van der Waals surface area contributed by atoms with E-state index in [4.69, 9.17) is 19.5 Å². The second kappa shape index (κ2) is 16.6. The number of rotatable bonds is 11. The van der Waals surface area contributed by atoms with Gasteiger partial charge in [0.15, 0.2) is 0 Å². The zero-order valence-electron chi connectivity index (χ0n) is 32.5. The Kier molecular flexibility index (Phi) is 11.6. The lowest BCUT2D eigenvalue weighted by Gasteiger charge is -2.31. The van der Waals surface area contributed by atoms with Gasteiger partial charge in [0, 0.05) is 68.9 Å². The summed E-state index contributed by atoms with van der Waals surface area (Å²) >= 11 is 3.54. The molecule has 4 atom stereocenters. The first-order chi connectivity index (χ1) is 26.9. The summed E-state index contributed by atoms with van der Waals surface area (Å²) in [6.07, 6.45) is 9.70. The molecule has 1 saturated heterocycles. The molecule has 12 nitrogen and oxygen atoms in total. The molecule has 0 aliphatic carbocycles.